The van der Waals surface area contributed by atoms with E-state index in [2.05, 4.69) is 21.8 Å². The van der Waals surface area contributed by atoms with E-state index in [4.69, 9.17) is 0 Å². The molecule has 4 heteroatoms. The van der Waals surface area contributed by atoms with Crippen LogP contribution in [0.2, 0.25) is 0 Å². The number of nitrogens with zero attached hydrogens (tertiary/aromatic N) is 2. The Bertz CT molecular complexity index is 415. The number of ketones is 1. The second-order valence-electron chi connectivity index (χ2n) is 5.58. The number of nitrogens with one attached hydrogen (secondary N) is 1. The van der Waals surface area contributed by atoms with Gasteiger partial charge in [-0.2, -0.15) is 0 Å². The number of H-pyrrole nitrogens is 1. The van der Waals surface area contributed by atoms with E-state index in [1.54, 1.807) is 0 Å². The molecule has 0 spiro atoms. The van der Waals surface area contributed by atoms with E-state index in [0.29, 0.717) is 12.6 Å². The Morgan fingerprint density at radius 3 is 3.00 bits per heavy atom. The fourth-order valence-electron chi connectivity index (χ4n) is 3.31. The van der Waals surface area contributed by atoms with Crippen LogP contribution in [0.1, 0.15) is 29.8 Å². The zero-order valence-corrected chi connectivity index (χ0v) is 10.9. The van der Waals surface area contributed by atoms with Crippen molar-refractivity contribution in [3.63, 3.8) is 0 Å². The monoisotopic (exact) mass is 247 g/mol. The highest BCUT2D eigenvalue weighted by atomic mass is 16.1. The second kappa shape index (κ2) is 4.86. The van der Waals surface area contributed by atoms with Gasteiger partial charge in [-0.15, -0.1) is 0 Å². The van der Waals surface area contributed by atoms with Gasteiger partial charge in [0, 0.05) is 31.4 Å². The average Bonchev–Trinajstić information content (AvgIpc) is 2.93. The summed E-state index contributed by atoms with van der Waals surface area (Å²) in [6.07, 6.45) is 5.63. The molecule has 1 aromatic heterocycles. The van der Waals surface area contributed by atoms with Gasteiger partial charge in [0.05, 0.1) is 12.2 Å². The summed E-state index contributed by atoms with van der Waals surface area (Å²) in [7, 11) is 2.23. The molecule has 1 N–H and O–H groups in total. The summed E-state index contributed by atoms with van der Waals surface area (Å²) >= 11 is 0. The molecule has 3 rings (SSSR count). The number of hydrogen-bond donors (Lipinski definition) is 1. The number of rotatable bonds is 3. The molecule has 0 aromatic carbocycles. The molecule has 2 atom stereocenters. The van der Waals surface area contributed by atoms with Crippen molar-refractivity contribution in [2.24, 2.45) is 0 Å². The van der Waals surface area contributed by atoms with E-state index in [9.17, 15) is 4.79 Å². The smallest absolute Gasteiger partial charge is 0.192 e. The SMILES string of the molecule is CN1C2CCC1CN(CC(=O)c1ccc[nH]1)CC2. The molecule has 2 unspecified atom stereocenters. The minimum absolute atomic E-state index is 0.209. The van der Waals surface area contributed by atoms with Crippen molar-refractivity contribution in [2.45, 2.75) is 31.3 Å². The molecule has 2 fully saturated rings. The molecule has 0 saturated carbocycles. The van der Waals surface area contributed by atoms with E-state index >= 15 is 0 Å². The van der Waals surface area contributed by atoms with E-state index in [-0.39, 0.29) is 5.78 Å². The number of carbonyl (C=O) groups excluding carboxylic acids is 1. The van der Waals surface area contributed by atoms with Crippen LogP contribution < -0.4 is 0 Å². The summed E-state index contributed by atoms with van der Waals surface area (Å²) in [6.45, 7) is 2.65. The fourth-order valence-corrected chi connectivity index (χ4v) is 3.31. The third kappa shape index (κ3) is 2.22. The number of aromatic nitrogens is 1. The maximum atomic E-state index is 12.1. The van der Waals surface area contributed by atoms with Crippen LogP contribution in [0.3, 0.4) is 0 Å². The van der Waals surface area contributed by atoms with Gasteiger partial charge in [-0.25, -0.2) is 0 Å². The molecule has 4 nitrogen and oxygen atoms in total. The van der Waals surface area contributed by atoms with Gasteiger partial charge in [0.2, 0.25) is 0 Å². The van der Waals surface area contributed by atoms with Crippen molar-refractivity contribution in [3.05, 3.63) is 24.0 Å². The predicted octanol–water partition coefficient (Wildman–Crippen LogP) is 1.37. The lowest BCUT2D eigenvalue weighted by Gasteiger charge is -2.24. The summed E-state index contributed by atoms with van der Waals surface area (Å²) in [4.78, 5) is 19.9. The lowest BCUT2D eigenvalue weighted by atomic mass is 10.1. The minimum Gasteiger partial charge on any atom is -0.359 e. The lowest BCUT2D eigenvalue weighted by Crippen LogP contribution is -2.38. The van der Waals surface area contributed by atoms with Crippen molar-refractivity contribution in [1.82, 2.24) is 14.8 Å². The van der Waals surface area contributed by atoms with Gasteiger partial charge in [0.25, 0.3) is 0 Å². The van der Waals surface area contributed by atoms with Crippen molar-refractivity contribution in [2.75, 3.05) is 26.7 Å². The average molecular weight is 247 g/mol. The number of hydrogen-bond acceptors (Lipinski definition) is 3. The zero-order chi connectivity index (χ0) is 12.5. The summed E-state index contributed by atoms with van der Waals surface area (Å²) in [5, 5.41) is 0. The summed E-state index contributed by atoms with van der Waals surface area (Å²) in [6, 6.07) is 5.12. The number of carbonyl (C=O) groups is 1. The summed E-state index contributed by atoms with van der Waals surface area (Å²) in [5.41, 5.74) is 0.734. The molecule has 1 aromatic rings. The minimum atomic E-state index is 0.209. The van der Waals surface area contributed by atoms with Gasteiger partial charge in [0.15, 0.2) is 5.78 Å². The number of likely N-dealkylation sites (N-methyl/N-ethyl adjacent to an activating group) is 1. The van der Waals surface area contributed by atoms with E-state index < -0.39 is 0 Å². The number of aromatic amines is 1. The van der Waals surface area contributed by atoms with Crippen LogP contribution in [-0.4, -0.2) is 59.3 Å². The predicted molar refractivity (Wildman–Crippen MR) is 70.8 cm³/mol. The molecule has 2 saturated heterocycles. The Kier molecular flexibility index (Phi) is 3.22. The van der Waals surface area contributed by atoms with E-state index in [1.165, 1.54) is 19.3 Å². The standard InChI is InChI=1S/C14H21N3O/c1-16-11-4-5-12(16)9-17(8-6-11)10-14(18)13-3-2-7-15-13/h2-3,7,11-12,15H,4-6,8-10H2,1H3. The first-order valence-electron chi connectivity index (χ1n) is 6.85. The Balaban J connectivity index is 1.62. The molecule has 18 heavy (non-hydrogen) atoms. The van der Waals surface area contributed by atoms with Crippen LogP contribution in [0.15, 0.2) is 18.3 Å². The fraction of sp³-hybridized carbons (Fsp3) is 0.643. The lowest BCUT2D eigenvalue weighted by molar-refractivity contribution is 0.0919. The van der Waals surface area contributed by atoms with Crippen LogP contribution in [0.25, 0.3) is 0 Å². The topological polar surface area (TPSA) is 39.3 Å². The highest BCUT2D eigenvalue weighted by molar-refractivity contribution is 5.95. The zero-order valence-electron chi connectivity index (χ0n) is 10.9. The molecule has 3 heterocycles. The third-order valence-corrected chi connectivity index (χ3v) is 4.50. The van der Waals surface area contributed by atoms with Gasteiger partial charge in [-0.1, -0.05) is 0 Å². The van der Waals surface area contributed by atoms with Crippen LogP contribution in [0.4, 0.5) is 0 Å². The van der Waals surface area contributed by atoms with Gasteiger partial charge in [-0.05, 0) is 38.4 Å². The van der Waals surface area contributed by atoms with E-state index in [1.807, 2.05) is 18.3 Å². The normalized spacial score (nSPS) is 29.4. The molecular weight excluding hydrogens is 226 g/mol. The maximum Gasteiger partial charge on any atom is 0.192 e. The Morgan fingerprint density at radius 1 is 1.39 bits per heavy atom. The van der Waals surface area contributed by atoms with Crippen molar-refractivity contribution in [1.29, 1.82) is 0 Å². The number of fused-ring (bicyclic) bond motifs is 2. The Hall–Kier alpha value is -1.13. The highest BCUT2D eigenvalue weighted by Crippen LogP contribution is 2.28. The van der Waals surface area contributed by atoms with Crippen LogP contribution >= 0.6 is 0 Å². The first kappa shape index (κ1) is 11.9. The molecule has 0 amide bonds. The molecule has 2 bridgehead atoms. The summed E-state index contributed by atoms with van der Waals surface area (Å²) < 4.78 is 0. The molecule has 0 aliphatic carbocycles. The number of likely N-dealkylation sites (tertiary alicyclic amines) is 1. The summed E-state index contributed by atoms with van der Waals surface area (Å²) in [5.74, 6) is 0.209. The molecule has 2 aliphatic heterocycles. The molecule has 98 valence electrons. The van der Waals surface area contributed by atoms with Crippen LogP contribution in [0.5, 0.6) is 0 Å². The van der Waals surface area contributed by atoms with Gasteiger partial charge in [0.1, 0.15) is 0 Å². The molecular formula is C14H21N3O. The third-order valence-electron chi connectivity index (χ3n) is 4.50. The van der Waals surface area contributed by atoms with Crippen molar-refractivity contribution >= 4 is 5.78 Å². The second-order valence-corrected chi connectivity index (χ2v) is 5.58. The van der Waals surface area contributed by atoms with Crippen molar-refractivity contribution in [3.8, 4) is 0 Å². The van der Waals surface area contributed by atoms with Crippen molar-refractivity contribution < 1.29 is 4.79 Å². The highest BCUT2D eigenvalue weighted by Gasteiger charge is 2.34. The van der Waals surface area contributed by atoms with E-state index in [0.717, 1.165) is 24.8 Å². The maximum absolute atomic E-state index is 12.1. The molecule has 0 radical (unpaired) electrons. The van der Waals surface area contributed by atoms with Crippen LogP contribution in [0, 0.1) is 0 Å². The largest absolute Gasteiger partial charge is 0.359 e. The van der Waals surface area contributed by atoms with Gasteiger partial charge in [-0.3, -0.25) is 14.6 Å². The molecule has 2 aliphatic rings. The Morgan fingerprint density at radius 2 is 2.22 bits per heavy atom. The van der Waals surface area contributed by atoms with Gasteiger partial charge >= 0.3 is 0 Å². The van der Waals surface area contributed by atoms with Crippen LogP contribution in [-0.2, 0) is 0 Å². The first-order chi connectivity index (χ1) is 8.74. The van der Waals surface area contributed by atoms with Gasteiger partial charge < -0.3 is 4.98 Å². The quantitative estimate of drug-likeness (QED) is 0.820. The number of Topliss-reactive ketones (excluding diaryl/α,β-unsaturated/α-hetero) is 1. The Labute approximate surface area is 108 Å². The first-order valence-corrected chi connectivity index (χ1v) is 6.85.